The molecule has 0 radical (unpaired) electrons. The molecule has 2 aliphatic heterocycles. The minimum Gasteiger partial charge on any atom is -0.381 e. The van der Waals surface area contributed by atoms with Gasteiger partial charge >= 0.3 is 0 Å². The molecule has 132 valence electrons. The maximum Gasteiger partial charge on any atom is 0.233 e. The summed E-state index contributed by atoms with van der Waals surface area (Å²) >= 11 is 0. The first-order valence-electron chi connectivity index (χ1n) is 9.21. The molecule has 0 aliphatic carbocycles. The molecule has 2 aliphatic rings. The summed E-state index contributed by atoms with van der Waals surface area (Å²) in [6, 6.07) is 12.5. The minimum atomic E-state index is -0.439. The highest BCUT2D eigenvalue weighted by atomic mass is 16.5. The Labute approximate surface area is 148 Å². The van der Waals surface area contributed by atoms with Crippen molar-refractivity contribution in [1.29, 1.82) is 0 Å². The van der Waals surface area contributed by atoms with Crippen molar-refractivity contribution in [2.45, 2.75) is 37.1 Å². The van der Waals surface area contributed by atoms with Gasteiger partial charge in [-0.1, -0.05) is 30.3 Å². The van der Waals surface area contributed by atoms with E-state index in [-0.39, 0.29) is 11.9 Å². The fraction of sp³-hybridized carbons (Fsp3) is 0.500. The Morgan fingerprint density at radius 3 is 2.68 bits per heavy atom. The Kier molecular flexibility index (Phi) is 4.57. The number of aromatic nitrogens is 2. The van der Waals surface area contributed by atoms with Crippen molar-refractivity contribution in [3.05, 3.63) is 54.4 Å². The number of hydrogen-bond acceptors (Lipinski definition) is 3. The lowest BCUT2D eigenvalue weighted by atomic mass is 9.72. The Morgan fingerprint density at radius 2 is 1.96 bits per heavy atom. The highest BCUT2D eigenvalue weighted by Gasteiger charge is 2.44. The predicted octanol–water partition coefficient (Wildman–Crippen LogP) is 2.80. The fourth-order valence-electron chi connectivity index (χ4n) is 4.26. The van der Waals surface area contributed by atoms with Crippen LogP contribution in [0.4, 0.5) is 0 Å². The number of amides is 1. The van der Waals surface area contributed by atoms with Crippen LogP contribution in [0, 0.1) is 0 Å². The third kappa shape index (κ3) is 3.09. The molecular weight excluding hydrogens is 314 g/mol. The first kappa shape index (κ1) is 16.3. The molecule has 3 heterocycles. The number of rotatable bonds is 3. The molecule has 0 spiro atoms. The maximum atomic E-state index is 13.6. The van der Waals surface area contributed by atoms with Crippen LogP contribution in [0.5, 0.6) is 0 Å². The van der Waals surface area contributed by atoms with E-state index in [1.165, 1.54) is 0 Å². The first-order valence-corrected chi connectivity index (χ1v) is 9.21. The lowest BCUT2D eigenvalue weighted by molar-refractivity contribution is -0.143. The molecule has 0 saturated carbocycles. The molecule has 1 aromatic heterocycles. The molecule has 1 unspecified atom stereocenters. The molecule has 1 amide bonds. The van der Waals surface area contributed by atoms with E-state index >= 15 is 0 Å². The van der Waals surface area contributed by atoms with Crippen LogP contribution in [-0.4, -0.2) is 46.9 Å². The Bertz CT molecular complexity index is 693. The normalized spacial score (nSPS) is 23.4. The number of piperidine rings is 1. The number of hydrogen-bond donors (Lipinski definition) is 0. The smallest absolute Gasteiger partial charge is 0.233 e. The molecule has 2 fully saturated rings. The number of carbonyl (C=O) groups excluding carboxylic acids is 1. The van der Waals surface area contributed by atoms with E-state index in [9.17, 15) is 4.79 Å². The Balaban J connectivity index is 1.60. The minimum absolute atomic E-state index is 0.263. The monoisotopic (exact) mass is 339 g/mol. The summed E-state index contributed by atoms with van der Waals surface area (Å²) < 4.78 is 7.58. The summed E-state index contributed by atoms with van der Waals surface area (Å²) in [5.41, 5.74) is 0.690. The van der Waals surface area contributed by atoms with Crippen molar-refractivity contribution in [1.82, 2.24) is 14.7 Å². The quantitative estimate of drug-likeness (QED) is 0.864. The van der Waals surface area contributed by atoms with Crippen molar-refractivity contribution >= 4 is 5.91 Å². The number of nitrogens with zero attached hydrogens (tertiary/aromatic N) is 3. The molecule has 2 aromatic rings. The molecule has 0 N–H and O–H groups in total. The maximum absolute atomic E-state index is 13.6. The summed E-state index contributed by atoms with van der Waals surface area (Å²) in [6.45, 7) is 2.89. The molecule has 25 heavy (non-hydrogen) atoms. The first-order chi connectivity index (χ1) is 12.3. The molecular formula is C20H25N3O2. The van der Waals surface area contributed by atoms with Crippen LogP contribution >= 0.6 is 0 Å². The van der Waals surface area contributed by atoms with E-state index < -0.39 is 5.41 Å². The molecule has 1 atom stereocenters. The highest BCUT2D eigenvalue weighted by molar-refractivity contribution is 5.88. The number of carbonyl (C=O) groups is 1. The van der Waals surface area contributed by atoms with Crippen molar-refractivity contribution in [3.63, 3.8) is 0 Å². The Hall–Kier alpha value is -2.14. The van der Waals surface area contributed by atoms with Gasteiger partial charge < -0.3 is 9.64 Å². The summed E-state index contributed by atoms with van der Waals surface area (Å²) in [4.78, 5) is 15.7. The van der Waals surface area contributed by atoms with E-state index in [0.717, 1.165) is 44.3 Å². The van der Waals surface area contributed by atoms with Gasteiger partial charge in [-0.15, -0.1) is 0 Å². The van der Waals surface area contributed by atoms with Gasteiger partial charge in [0.15, 0.2) is 0 Å². The molecule has 0 bridgehead atoms. The van der Waals surface area contributed by atoms with Crippen LogP contribution in [-0.2, 0) is 14.9 Å². The lowest BCUT2D eigenvalue weighted by Crippen LogP contribution is -2.52. The third-order valence-electron chi connectivity index (χ3n) is 5.66. The summed E-state index contributed by atoms with van der Waals surface area (Å²) in [7, 11) is 0. The van der Waals surface area contributed by atoms with Crippen LogP contribution in [0.2, 0.25) is 0 Å². The van der Waals surface area contributed by atoms with Crippen molar-refractivity contribution in [2.24, 2.45) is 0 Å². The largest absolute Gasteiger partial charge is 0.381 e. The van der Waals surface area contributed by atoms with Crippen molar-refractivity contribution in [3.8, 4) is 0 Å². The average Bonchev–Trinajstić information content (AvgIpc) is 3.24. The summed E-state index contributed by atoms with van der Waals surface area (Å²) in [6.07, 6.45) is 7.44. The van der Waals surface area contributed by atoms with Crippen molar-refractivity contribution in [2.75, 3.05) is 26.3 Å². The van der Waals surface area contributed by atoms with E-state index in [2.05, 4.69) is 22.1 Å². The Morgan fingerprint density at radius 1 is 1.16 bits per heavy atom. The highest BCUT2D eigenvalue weighted by Crippen LogP contribution is 2.38. The van der Waals surface area contributed by atoms with Crippen LogP contribution in [0.15, 0.2) is 48.8 Å². The van der Waals surface area contributed by atoms with Gasteiger partial charge in [0.05, 0.1) is 11.5 Å². The second kappa shape index (κ2) is 7.00. The number of ether oxygens (including phenoxy) is 1. The summed E-state index contributed by atoms with van der Waals surface area (Å²) in [5.74, 6) is 0.263. The van der Waals surface area contributed by atoms with Gasteiger partial charge in [0.25, 0.3) is 0 Å². The molecule has 5 nitrogen and oxygen atoms in total. The van der Waals surface area contributed by atoms with Gasteiger partial charge in [-0.25, -0.2) is 0 Å². The van der Waals surface area contributed by atoms with Crippen LogP contribution < -0.4 is 0 Å². The zero-order valence-corrected chi connectivity index (χ0v) is 14.5. The van der Waals surface area contributed by atoms with E-state index in [1.54, 1.807) is 0 Å². The molecule has 1 aromatic carbocycles. The SMILES string of the molecule is O=C(N1CCCC(n2cccn2)C1)C1(c2ccccc2)CCOCC1. The number of benzene rings is 1. The zero-order valence-electron chi connectivity index (χ0n) is 14.5. The topological polar surface area (TPSA) is 47.4 Å². The van der Waals surface area contributed by atoms with Gasteiger partial charge in [-0.3, -0.25) is 9.48 Å². The van der Waals surface area contributed by atoms with E-state index in [4.69, 9.17) is 4.74 Å². The fourth-order valence-corrected chi connectivity index (χ4v) is 4.26. The molecule has 5 heteroatoms. The van der Waals surface area contributed by atoms with Crippen molar-refractivity contribution < 1.29 is 9.53 Å². The van der Waals surface area contributed by atoms with Gasteiger partial charge in [0.2, 0.25) is 5.91 Å². The number of likely N-dealkylation sites (tertiary alicyclic amines) is 1. The van der Waals surface area contributed by atoms with Gasteiger partial charge in [0, 0.05) is 38.7 Å². The predicted molar refractivity (Wildman–Crippen MR) is 95.3 cm³/mol. The van der Waals surface area contributed by atoms with Crippen LogP contribution in [0.1, 0.15) is 37.3 Å². The van der Waals surface area contributed by atoms with Crippen LogP contribution in [0.25, 0.3) is 0 Å². The van der Waals surface area contributed by atoms with Gasteiger partial charge in [-0.2, -0.15) is 5.10 Å². The third-order valence-corrected chi connectivity index (χ3v) is 5.66. The zero-order chi connectivity index (χ0) is 17.1. The van der Waals surface area contributed by atoms with Gasteiger partial charge in [0.1, 0.15) is 0 Å². The lowest BCUT2D eigenvalue weighted by Gasteiger charge is -2.42. The van der Waals surface area contributed by atoms with E-state index in [0.29, 0.717) is 13.2 Å². The average molecular weight is 339 g/mol. The van der Waals surface area contributed by atoms with Gasteiger partial charge in [-0.05, 0) is 37.3 Å². The molecule has 4 rings (SSSR count). The van der Waals surface area contributed by atoms with Crippen LogP contribution in [0.3, 0.4) is 0 Å². The second-order valence-electron chi connectivity index (χ2n) is 7.09. The van der Waals surface area contributed by atoms with E-state index in [1.807, 2.05) is 41.3 Å². The standard InChI is InChI=1S/C20H25N3O2/c24-19(22-12-4-8-18(16-22)23-13-5-11-21-23)20(9-14-25-15-10-20)17-6-2-1-3-7-17/h1-3,5-7,11,13,18H,4,8-10,12,14-16H2. The second-order valence-corrected chi connectivity index (χ2v) is 7.09. The molecule has 2 saturated heterocycles. The summed E-state index contributed by atoms with van der Waals surface area (Å²) in [5, 5.41) is 4.38.